The molecule has 46 heavy (non-hydrogen) atoms. The van der Waals surface area contributed by atoms with Gasteiger partial charge >= 0.3 is 29.8 Å². The fraction of sp³-hybridized carbons (Fsp3) is 0.562. The van der Waals surface area contributed by atoms with Crippen molar-refractivity contribution in [2.45, 2.75) is 95.6 Å². The Labute approximate surface area is 264 Å². The lowest BCUT2D eigenvalue weighted by molar-refractivity contribution is -0.347. The number of furan rings is 1. The van der Waals surface area contributed by atoms with E-state index in [0.29, 0.717) is 0 Å². The summed E-state index contributed by atoms with van der Waals surface area (Å²) >= 11 is 0. The van der Waals surface area contributed by atoms with Crippen molar-refractivity contribution in [1.82, 2.24) is 4.98 Å². The van der Waals surface area contributed by atoms with Crippen LogP contribution in [0.1, 0.15) is 75.1 Å². The van der Waals surface area contributed by atoms with Crippen molar-refractivity contribution in [3.8, 4) is 0 Å². The van der Waals surface area contributed by atoms with Crippen LogP contribution in [0, 0.1) is 11.3 Å². The van der Waals surface area contributed by atoms with Gasteiger partial charge in [-0.25, -0.2) is 9.59 Å². The van der Waals surface area contributed by atoms with Crippen LogP contribution in [0.3, 0.4) is 0 Å². The Balaban J connectivity index is 1.83. The molecule has 1 spiro atoms. The molecule has 2 aromatic heterocycles. The van der Waals surface area contributed by atoms with Gasteiger partial charge in [-0.2, -0.15) is 0 Å². The fourth-order valence-electron chi connectivity index (χ4n) is 7.73. The summed E-state index contributed by atoms with van der Waals surface area (Å²) in [6.07, 6.45) is -0.641. The highest BCUT2D eigenvalue weighted by molar-refractivity contribution is 5.90. The van der Waals surface area contributed by atoms with Crippen molar-refractivity contribution >= 4 is 29.8 Å². The third-order valence-electron chi connectivity index (χ3n) is 9.32. The van der Waals surface area contributed by atoms with E-state index < -0.39 is 89.0 Å². The minimum absolute atomic E-state index is 0.00233. The molecule has 5 rings (SSSR count). The van der Waals surface area contributed by atoms with Gasteiger partial charge in [0.25, 0.3) is 0 Å². The lowest BCUT2D eigenvalue weighted by Gasteiger charge is -2.65. The number of carbonyl (C=O) groups is 5. The Morgan fingerprint density at radius 1 is 0.913 bits per heavy atom. The van der Waals surface area contributed by atoms with Crippen molar-refractivity contribution in [3.05, 3.63) is 54.2 Å². The van der Waals surface area contributed by atoms with Crippen LogP contribution in [0.5, 0.6) is 0 Å². The summed E-state index contributed by atoms with van der Waals surface area (Å²) in [6.45, 7) is 7.55. The smallest absolute Gasteiger partial charge is 0.341 e. The lowest BCUT2D eigenvalue weighted by atomic mass is 9.46. The largest absolute Gasteiger partial charge is 0.472 e. The van der Waals surface area contributed by atoms with Gasteiger partial charge in [-0.05, 0) is 51.8 Å². The maximum atomic E-state index is 13.7. The van der Waals surface area contributed by atoms with Gasteiger partial charge in [-0.1, -0.05) is 0 Å². The van der Waals surface area contributed by atoms with Crippen molar-refractivity contribution in [1.29, 1.82) is 0 Å². The molecule has 3 fully saturated rings. The topological polar surface area (TPSA) is 187 Å². The van der Waals surface area contributed by atoms with E-state index in [4.69, 9.17) is 32.8 Å². The summed E-state index contributed by atoms with van der Waals surface area (Å²) in [5.74, 6) is -5.11. The van der Waals surface area contributed by atoms with Crippen LogP contribution < -0.4 is 0 Å². The number of fused-ring (bicyclic) bond motifs is 1. The van der Waals surface area contributed by atoms with E-state index in [0.717, 1.165) is 20.1 Å². The first-order valence-electron chi connectivity index (χ1n) is 14.8. The van der Waals surface area contributed by atoms with Gasteiger partial charge in [-0.15, -0.1) is 0 Å². The molecule has 0 amide bonds. The number of nitrogens with zero attached hydrogens (tertiary/aromatic N) is 1. The molecule has 2 aromatic rings. The van der Waals surface area contributed by atoms with E-state index in [1.54, 1.807) is 13.8 Å². The molecule has 14 nitrogen and oxygen atoms in total. The van der Waals surface area contributed by atoms with Crippen LogP contribution in [0.15, 0.2) is 47.5 Å². The van der Waals surface area contributed by atoms with Crippen molar-refractivity contribution in [2.24, 2.45) is 11.3 Å². The summed E-state index contributed by atoms with van der Waals surface area (Å²) in [5, 5.41) is 12.4. The van der Waals surface area contributed by atoms with E-state index in [-0.39, 0.29) is 24.0 Å². The Morgan fingerprint density at radius 3 is 2.17 bits per heavy atom. The molecule has 2 aliphatic carbocycles. The molecular formula is C32H37NO13. The number of rotatable bonds is 8. The molecular weight excluding hydrogens is 606 g/mol. The van der Waals surface area contributed by atoms with E-state index in [2.05, 4.69) is 4.98 Å². The Kier molecular flexibility index (Phi) is 8.49. The number of aliphatic hydroxyl groups is 1. The van der Waals surface area contributed by atoms with Gasteiger partial charge in [-0.3, -0.25) is 19.4 Å². The van der Waals surface area contributed by atoms with Crippen molar-refractivity contribution in [2.75, 3.05) is 6.61 Å². The maximum Gasteiger partial charge on any atom is 0.341 e. The van der Waals surface area contributed by atoms with Gasteiger partial charge in [0.15, 0.2) is 11.7 Å². The van der Waals surface area contributed by atoms with E-state index in [1.807, 2.05) is 0 Å². The molecule has 2 saturated carbocycles. The SMILES string of the molecule is CC(=O)OC[C@@]12[C@@H](OC(C)=O)CC[C@](C)(O)[C@]13OC(C)(C)[C@H]([C@@H](OC(C)=O)[C@H]2OC(=O)c1ccoc1)[C@H]3OC(=O)c1cccnc1. The number of hydrogen-bond donors (Lipinski definition) is 1. The number of carbonyl (C=O) groups excluding carboxylic acids is 5. The van der Waals surface area contributed by atoms with Gasteiger partial charge in [0.1, 0.15) is 36.6 Å². The Hall–Kier alpha value is -4.30. The Morgan fingerprint density at radius 2 is 1.59 bits per heavy atom. The molecule has 1 N–H and O–H groups in total. The average molecular weight is 644 g/mol. The van der Waals surface area contributed by atoms with Gasteiger partial charge in [0, 0.05) is 33.2 Å². The maximum absolute atomic E-state index is 13.7. The zero-order valence-corrected chi connectivity index (χ0v) is 26.3. The minimum Gasteiger partial charge on any atom is -0.472 e. The second-order valence-corrected chi connectivity index (χ2v) is 12.7. The highest BCUT2D eigenvalue weighted by atomic mass is 16.6. The first kappa shape index (κ1) is 33.1. The molecule has 1 aliphatic heterocycles. The second kappa shape index (κ2) is 11.8. The first-order valence-corrected chi connectivity index (χ1v) is 14.8. The van der Waals surface area contributed by atoms with Crippen LogP contribution in [0.2, 0.25) is 0 Å². The van der Waals surface area contributed by atoms with Crippen LogP contribution in [0.4, 0.5) is 0 Å². The van der Waals surface area contributed by atoms with Crippen molar-refractivity contribution in [3.63, 3.8) is 0 Å². The predicted octanol–water partition coefficient (Wildman–Crippen LogP) is 2.56. The van der Waals surface area contributed by atoms with Crippen LogP contribution in [0.25, 0.3) is 0 Å². The summed E-state index contributed by atoms with van der Waals surface area (Å²) in [6, 6.07) is 4.38. The average Bonchev–Trinajstić information content (AvgIpc) is 3.57. The molecule has 14 heteroatoms. The van der Waals surface area contributed by atoms with Gasteiger partial charge in [0.2, 0.25) is 0 Å². The monoisotopic (exact) mass is 643 g/mol. The van der Waals surface area contributed by atoms with Crippen LogP contribution in [-0.2, 0) is 42.8 Å². The molecule has 1 saturated heterocycles. The zero-order chi connectivity index (χ0) is 33.7. The first-order chi connectivity index (χ1) is 21.6. The summed E-state index contributed by atoms with van der Waals surface area (Å²) in [4.78, 5) is 69.2. The van der Waals surface area contributed by atoms with E-state index >= 15 is 0 Å². The van der Waals surface area contributed by atoms with E-state index in [9.17, 15) is 29.1 Å². The zero-order valence-electron chi connectivity index (χ0n) is 26.3. The normalized spacial score (nSPS) is 34.0. The fourth-order valence-corrected chi connectivity index (χ4v) is 7.73. The minimum atomic E-state index is -2.09. The highest BCUT2D eigenvalue weighted by Crippen LogP contribution is 2.69. The van der Waals surface area contributed by atoms with Crippen molar-refractivity contribution < 1.29 is 61.9 Å². The molecule has 248 valence electrons. The van der Waals surface area contributed by atoms with Gasteiger partial charge in [0.05, 0.1) is 34.5 Å². The third kappa shape index (κ3) is 5.22. The highest BCUT2D eigenvalue weighted by Gasteiger charge is 2.87. The summed E-state index contributed by atoms with van der Waals surface area (Å²) in [5.41, 5.74) is -7.29. The second-order valence-electron chi connectivity index (χ2n) is 12.7. The number of pyridine rings is 1. The molecule has 8 atom stereocenters. The molecule has 0 radical (unpaired) electrons. The predicted molar refractivity (Wildman–Crippen MR) is 153 cm³/mol. The number of aromatic nitrogens is 1. The van der Waals surface area contributed by atoms with Crippen LogP contribution >= 0.6 is 0 Å². The van der Waals surface area contributed by atoms with E-state index in [1.165, 1.54) is 50.7 Å². The van der Waals surface area contributed by atoms with Crippen LogP contribution in [-0.4, -0.2) is 87.8 Å². The molecule has 3 heterocycles. The number of esters is 5. The lowest BCUT2D eigenvalue weighted by Crippen LogP contribution is -2.83. The summed E-state index contributed by atoms with van der Waals surface area (Å²) in [7, 11) is 0. The standard InChI is InChI=1S/C32H37NO13/c1-17(34)41-16-31-22(42-18(2)35)9-11-30(6,39)32(31)25(44-27(37)20-8-7-12-33-14-20)23(29(4,5)46-32)24(43-19(3)36)26(31)45-28(38)21-10-13-40-15-21/h7-8,10,12-15,22-26,39H,9,11,16H2,1-6H3/t22-,23+,24+,25+,26+,30-,31-,32-/m0/s1. The molecule has 0 aromatic carbocycles. The molecule has 3 aliphatic rings. The number of ether oxygens (including phenoxy) is 6. The number of hydrogen-bond acceptors (Lipinski definition) is 14. The quantitative estimate of drug-likeness (QED) is 0.327. The summed E-state index contributed by atoms with van der Waals surface area (Å²) < 4.78 is 41.8. The molecule has 2 bridgehead atoms. The Bertz CT molecular complexity index is 1500. The molecule has 0 unspecified atom stereocenters. The third-order valence-corrected chi connectivity index (χ3v) is 9.32. The van der Waals surface area contributed by atoms with Gasteiger partial charge < -0.3 is 37.9 Å².